The van der Waals surface area contributed by atoms with Crippen molar-refractivity contribution in [2.45, 2.75) is 89.8 Å². The van der Waals surface area contributed by atoms with Crippen molar-refractivity contribution in [3.8, 4) is 0 Å². The largest absolute Gasteiger partial charge is 0.481 e. The number of carboxylic acids is 1. The number of ketones is 1. The van der Waals surface area contributed by atoms with Gasteiger partial charge in [0.25, 0.3) is 0 Å². The third-order valence-corrected chi connectivity index (χ3v) is 11.2. The fourth-order valence-corrected chi connectivity index (χ4v) is 9.72. The Balaban J connectivity index is 1.53. The lowest BCUT2D eigenvalue weighted by Gasteiger charge is -2.61. The molecule has 0 aromatic carbocycles. The maximum absolute atomic E-state index is 12.3. The van der Waals surface area contributed by atoms with E-state index in [2.05, 4.69) is 36.7 Å². The number of carboxylic acid groups (broad SMARTS) is 1. The Morgan fingerprint density at radius 3 is 2.46 bits per heavy atom. The molecule has 4 aliphatic carbocycles. The van der Waals surface area contributed by atoms with E-state index in [0.717, 1.165) is 37.0 Å². The first-order valence-corrected chi connectivity index (χ1v) is 12.5. The molecule has 0 spiro atoms. The Bertz CT molecular complexity index is 648. The summed E-state index contributed by atoms with van der Waals surface area (Å²) < 4.78 is 0. The molecule has 0 aromatic rings. The van der Waals surface area contributed by atoms with Crippen molar-refractivity contribution in [3.05, 3.63) is 0 Å². The second-order valence-corrected chi connectivity index (χ2v) is 12.1. The Morgan fingerprint density at radius 2 is 1.75 bits per heavy atom. The van der Waals surface area contributed by atoms with Crippen molar-refractivity contribution in [1.82, 2.24) is 0 Å². The van der Waals surface area contributed by atoms with Crippen LogP contribution in [0.3, 0.4) is 0 Å². The van der Waals surface area contributed by atoms with Gasteiger partial charge in [0.15, 0.2) is 0 Å². The molecular formula is C24H37BrO3. The van der Waals surface area contributed by atoms with Crippen LogP contribution >= 0.6 is 15.9 Å². The molecule has 4 rings (SSSR count). The van der Waals surface area contributed by atoms with Crippen LogP contribution in [0.4, 0.5) is 0 Å². The van der Waals surface area contributed by atoms with Crippen molar-refractivity contribution < 1.29 is 14.7 Å². The van der Waals surface area contributed by atoms with Crippen LogP contribution in [0.25, 0.3) is 0 Å². The number of Topliss-reactive ketones (excluding diaryl/α,β-unsaturated/α-hetero) is 1. The number of rotatable bonds is 4. The third kappa shape index (κ3) is 3.11. The van der Waals surface area contributed by atoms with E-state index in [9.17, 15) is 9.59 Å². The van der Waals surface area contributed by atoms with Crippen LogP contribution in [0.1, 0.15) is 85.0 Å². The molecule has 4 saturated carbocycles. The van der Waals surface area contributed by atoms with Crippen molar-refractivity contribution in [1.29, 1.82) is 0 Å². The van der Waals surface area contributed by atoms with Crippen molar-refractivity contribution in [2.24, 2.45) is 46.3 Å². The minimum absolute atomic E-state index is 0.0767. The van der Waals surface area contributed by atoms with Gasteiger partial charge in [-0.3, -0.25) is 9.59 Å². The zero-order valence-electron chi connectivity index (χ0n) is 17.8. The topological polar surface area (TPSA) is 54.4 Å². The summed E-state index contributed by atoms with van der Waals surface area (Å²) in [7, 11) is 0. The normalized spacial score (nSPS) is 49.1. The van der Waals surface area contributed by atoms with E-state index in [1.54, 1.807) is 0 Å². The van der Waals surface area contributed by atoms with Gasteiger partial charge in [0.1, 0.15) is 5.78 Å². The second-order valence-electron chi connectivity index (χ2n) is 11.1. The zero-order valence-corrected chi connectivity index (χ0v) is 19.3. The first-order valence-electron chi connectivity index (χ1n) is 11.6. The first-order chi connectivity index (χ1) is 13.2. The van der Waals surface area contributed by atoms with Gasteiger partial charge in [-0.1, -0.05) is 36.7 Å². The summed E-state index contributed by atoms with van der Waals surface area (Å²) in [5.74, 6) is 3.86. The van der Waals surface area contributed by atoms with Crippen molar-refractivity contribution in [2.75, 3.05) is 0 Å². The molecule has 4 heteroatoms. The lowest BCUT2D eigenvalue weighted by molar-refractivity contribution is -0.139. The lowest BCUT2D eigenvalue weighted by Crippen LogP contribution is -2.56. The third-order valence-electron chi connectivity index (χ3n) is 10.1. The molecule has 0 amide bonds. The van der Waals surface area contributed by atoms with Gasteiger partial charge < -0.3 is 5.11 Å². The molecule has 3 nitrogen and oxygen atoms in total. The summed E-state index contributed by atoms with van der Waals surface area (Å²) in [4.78, 5) is 23.5. The van der Waals surface area contributed by atoms with Crippen molar-refractivity contribution in [3.63, 3.8) is 0 Å². The van der Waals surface area contributed by atoms with Gasteiger partial charge in [0, 0.05) is 12.8 Å². The molecule has 0 bridgehead atoms. The fourth-order valence-electron chi connectivity index (χ4n) is 8.62. The molecule has 0 radical (unpaired) electrons. The van der Waals surface area contributed by atoms with Crippen LogP contribution in [0.5, 0.6) is 0 Å². The number of halogens is 1. The number of alkyl halides is 1. The number of carbonyl (C=O) groups is 2. The lowest BCUT2D eigenvalue weighted by atomic mass is 9.44. The number of carbonyl (C=O) groups excluding carboxylic acids is 1. The predicted octanol–water partition coefficient (Wildman–Crippen LogP) is 6.09. The van der Waals surface area contributed by atoms with E-state index in [-0.39, 0.29) is 4.83 Å². The van der Waals surface area contributed by atoms with E-state index >= 15 is 0 Å². The van der Waals surface area contributed by atoms with Crippen LogP contribution in [-0.4, -0.2) is 21.7 Å². The molecular weight excluding hydrogens is 416 g/mol. The molecule has 4 fully saturated rings. The minimum atomic E-state index is -0.655. The smallest absolute Gasteiger partial charge is 0.303 e. The molecule has 0 heterocycles. The maximum atomic E-state index is 12.3. The standard InChI is InChI=1S/C24H37BrO3/c1-14(4-9-21(27)28)16-7-8-17-15-5-6-19-22(25)20(26)11-13-24(19,3)18(15)10-12-23(16,17)2/h14-19,22H,4-13H2,1-3H3,(H,27,28)/t14-,15-,16+,17-,18-,19+,22+,23-,24-/m1/s1. The Kier molecular flexibility index (Phi) is 5.51. The average Bonchev–Trinajstić information content (AvgIpc) is 3.00. The summed E-state index contributed by atoms with van der Waals surface area (Å²) in [5, 5.41) is 9.11. The second kappa shape index (κ2) is 7.39. The van der Waals surface area contributed by atoms with Crippen LogP contribution < -0.4 is 0 Å². The highest BCUT2D eigenvalue weighted by molar-refractivity contribution is 9.10. The van der Waals surface area contributed by atoms with Crippen LogP contribution in [-0.2, 0) is 9.59 Å². The zero-order chi connectivity index (χ0) is 20.3. The monoisotopic (exact) mass is 452 g/mol. The Morgan fingerprint density at radius 1 is 1.07 bits per heavy atom. The highest BCUT2D eigenvalue weighted by Crippen LogP contribution is 2.68. The number of fused-ring (bicyclic) bond motifs is 5. The van der Waals surface area contributed by atoms with Crippen LogP contribution in [0.15, 0.2) is 0 Å². The van der Waals surface area contributed by atoms with Gasteiger partial charge in [-0.25, -0.2) is 0 Å². The highest BCUT2D eigenvalue weighted by Gasteiger charge is 2.61. The summed E-state index contributed by atoms with van der Waals surface area (Å²) in [6.07, 6.45) is 10.7. The van der Waals surface area contributed by atoms with E-state index in [0.29, 0.717) is 40.8 Å². The fraction of sp³-hybridized carbons (Fsp3) is 0.917. The molecule has 1 N–H and O–H groups in total. The molecule has 0 aromatic heterocycles. The van der Waals surface area contributed by atoms with Gasteiger partial charge in [-0.2, -0.15) is 0 Å². The van der Waals surface area contributed by atoms with E-state index < -0.39 is 5.97 Å². The number of aliphatic carboxylic acids is 1. The van der Waals surface area contributed by atoms with E-state index in [4.69, 9.17) is 5.11 Å². The number of hydrogen-bond donors (Lipinski definition) is 1. The highest BCUT2D eigenvalue weighted by atomic mass is 79.9. The molecule has 0 aliphatic heterocycles. The van der Waals surface area contributed by atoms with Gasteiger partial charge in [-0.05, 0) is 97.7 Å². The van der Waals surface area contributed by atoms with Crippen molar-refractivity contribution >= 4 is 27.7 Å². The summed E-state index contributed by atoms with van der Waals surface area (Å²) in [6.45, 7) is 7.34. The number of hydrogen-bond acceptors (Lipinski definition) is 2. The molecule has 0 unspecified atom stereocenters. The van der Waals surface area contributed by atoms with Crippen LogP contribution in [0, 0.1) is 46.3 Å². The summed E-state index contributed by atoms with van der Waals surface area (Å²) in [6, 6.07) is 0. The molecule has 158 valence electrons. The van der Waals surface area contributed by atoms with Gasteiger partial charge in [0.2, 0.25) is 0 Å². The van der Waals surface area contributed by atoms with Gasteiger partial charge >= 0.3 is 5.97 Å². The van der Waals surface area contributed by atoms with Gasteiger partial charge in [-0.15, -0.1) is 0 Å². The molecule has 28 heavy (non-hydrogen) atoms. The van der Waals surface area contributed by atoms with Gasteiger partial charge in [0.05, 0.1) is 4.83 Å². The average molecular weight is 453 g/mol. The quantitative estimate of drug-likeness (QED) is 0.524. The molecule has 4 aliphatic rings. The first kappa shape index (κ1) is 20.9. The van der Waals surface area contributed by atoms with E-state index in [1.165, 1.54) is 38.5 Å². The van der Waals surface area contributed by atoms with E-state index in [1.807, 2.05) is 0 Å². The SMILES string of the molecule is C[C@H](CCC(=O)O)[C@@H]1CC[C@@H]2[C@H]3CC[C@H]4[C@H](Br)C(=O)CC[C@]4(C)[C@@H]3CC[C@@]21C. The summed E-state index contributed by atoms with van der Waals surface area (Å²) in [5.41, 5.74) is 0.708. The maximum Gasteiger partial charge on any atom is 0.303 e. The summed E-state index contributed by atoms with van der Waals surface area (Å²) >= 11 is 3.77. The van der Waals surface area contributed by atoms with Crippen LogP contribution in [0.2, 0.25) is 0 Å². The Labute approximate surface area is 178 Å². The minimum Gasteiger partial charge on any atom is -0.481 e. The predicted molar refractivity (Wildman–Crippen MR) is 114 cm³/mol. The molecule has 0 saturated heterocycles. The molecule has 9 atom stereocenters. The Hall–Kier alpha value is -0.380.